The van der Waals surface area contributed by atoms with E-state index < -0.39 is 17.7 Å². The fourth-order valence-corrected chi connectivity index (χ4v) is 3.18. The van der Waals surface area contributed by atoms with Crippen LogP contribution >= 0.6 is 0 Å². The standard InChI is InChI=1S/C14H19F2N3O2/c15-12(16)14(5-1-2-6-14)13(20)17-11-8-9(18-19-11)10-4-3-7-21-10/h8,10,12H,1-7H2,(H2,17,18,19,20). The van der Waals surface area contributed by atoms with Crippen molar-refractivity contribution >= 4 is 11.7 Å². The van der Waals surface area contributed by atoms with E-state index in [1.165, 1.54) is 0 Å². The summed E-state index contributed by atoms with van der Waals surface area (Å²) in [7, 11) is 0. The molecule has 2 fully saturated rings. The van der Waals surface area contributed by atoms with Crippen LogP contribution in [0.4, 0.5) is 14.6 Å². The van der Waals surface area contributed by atoms with Crippen molar-refractivity contribution < 1.29 is 18.3 Å². The van der Waals surface area contributed by atoms with Crippen molar-refractivity contribution in [2.45, 2.75) is 51.1 Å². The molecule has 116 valence electrons. The third-order valence-corrected chi connectivity index (χ3v) is 4.48. The molecule has 3 rings (SSSR count). The van der Waals surface area contributed by atoms with Gasteiger partial charge >= 0.3 is 0 Å². The largest absolute Gasteiger partial charge is 0.372 e. The lowest BCUT2D eigenvalue weighted by Gasteiger charge is -2.25. The highest BCUT2D eigenvalue weighted by molar-refractivity contribution is 5.95. The molecule has 0 bridgehead atoms. The molecule has 7 heteroatoms. The number of nitrogens with zero attached hydrogens (tertiary/aromatic N) is 1. The van der Waals surface area contributed by atoms with E-state index >= 15 is 0 Å². The fraction of sp³-hybridized carbons (Fsp3) is 0.714. The number of aromatic amines is 1. The number of nitrogens with one attached hydrogen (secondary N) is 2. The second-order valence-electron chi connectivity index (χ2n) is 5.83. The van der Waals surface area contributed by atoms with Crippen LogP contribution < -0.4 is 5.32 Å². The lowest BCUT2D eigenvalue weighted by atomic mass is 9.85. The van der Waals surface area contributed by atoms with Gasteiger partial charge in [0.1, 0.15) is 5.41 Å². The first kappa shape index (κ1) is 14.4. The second kappa shape index (κ2) is 5.71. The van der Waals surface area contributed by atoms with Crippen molar-refractivity contribution in [2.24, 2.45) is 5.41 Å². The average Bonchev–Trinajstić information content (AvgIpc) is 3.20. The Morgan fingerprint density at radius 1 is 1.43 bits per heavy atom. The smallest absolute Gasteiger partial charge is 0.252 e. The van der Waals surface area contributed by atoms with E-state index in [-0.39, 0.29) is 24.8 Å². The number of aromatic nitrogens is 2. The fourth-order valence-electron chi connectivity index (χ4n) is 3.18. The summed E-state index contributed by atoms with van der Waals surface area (Å²) in [6, 6.07) is 1.67. The van der Waals surface area contributed by atoms with Gasteiger partial charge in [-0.2, -0.15) is 5.10 Å². The first-order valence-corrected chi connectivity index (χ1v) is 7.38. The van der Waals surface area contributed by atoms with Gasteiger partial charge in [0.2, 0.25) is 5.91 Å². The molecule has 5 nitrogen and oxygen atoms in total. The minimum Gasteiger partial charge on any atom is -0.372 e. The second-order valence-corrected chi connectivity index (χ2v) is 5.83. The Labute approximate surface area is 121 Å². The summed E-state index contributed by atoms with van der Waals surface area (Å²) >= 11 is 0. The van der Waals surface area contributed by atoms with Gasteiger partial charge in [0.05, 0.1) is 11.8 Å². The third-order valence-electron chi connectivity index (χ3n) is 4.48. The lowest BCUT2D eigenvalue weighted by molar-refractivity contribution is -0.134. The monoisotopic (exact) mass is 299 g/mol. The molecule has 1 amide bonds. The van der Waals surface area contributed by atoms with E-state index in [1.807, 2.05) is 0 Å². The molecule has 0 spiro atoms. The summed E-state index contributed by atoms with van der Waals surface area (Å²) in [4.78, 5) is 12.2. The maximum absolute atomic E-state index is 13.3. The van der Waals surface area contributed by atoms with Crippen LogP contribution in [0.25, 0.3) is 0 Å². The molecule has 1 atom stereocenters. The third kappa shape index (κ3) is 2.66. The summed E-state index contributed by atoms with van der Waals surface area (Å²) in [5, 5.41) is 9.32. The molecule has 2 N–H and O–H groups in total. The molecular weight excluding hydrogens is 280 g/mol. The molecule has 1 unspecified atom stereocenters. The predicted molar refractivity (Wildman–Crippen MR) is 72.0 cm³/mol. The van der Waals surface area contributed by atoms with Crippen LogP contribution in [0.1, 0.15) is 50.3 Å². The quantitative estimate of drug-likeness (QED) is 0.898. The molecule has 1 aliphatic heterocycles. The minimum atomic E-state index is -2.64. The molecule has 1 aliphatic carbocycles. The maximum Gasteiger partial charge on any atom is 0.252 e. The lowest BCUT2D eigenvalue weighted by Crippen LogP contribution is -2.40. The summed E-state index contributed by atoms with van der Waals surface area (Å²) in [6.07, 6.45) is 1.00. The number of rotatable bonds is 4. The van der Waals surface area contributed by atoms with E-state index in [9.17, 15) is 13.6 Å². The number of ether oxygens (including phenoxy) is 1. The highest BCUT2D eigenvalue weighted by Gasteiger charge is 2.49. The van der Waals surface area contributed by atoms with Crippen LogP contribution in [0.3, 0.4) is 0 Å². The Morgan fingerprint density at radius 3 is 2.81 bits per heavy atom. The first-order chi connectivity index (χ1) is 10.1. The summed E-state index contributed by atoms with van der Waals surface area (Å²) in [6.45, 7) is 0.708. The molecule has 1 aromatic rings. The number of alkyl halides is 2. The van der Waals surface area contributed by atoms with Crippen molar-refractivity contribution in [1.82, 2.24) is 10.2 Å². The number of hydrogen-bond donors (Lipinski definition) is 2. The zero-order valence-corrected chi connectivity index (χ0v) is 11.7. The van der Waals surface area contributed by atoms with E-state index in [0.717, 1.165) is 18.5 Å². The Kier molecular flexibility index (Phi) is 3.93. The Bertz CT molecular complexity index is 506. The Morgan fingerprint density at radius 2 is 2.19 bits per heavy atom. The van der Waals surface area contributed by atoms with Crippen molar-refractivity contribution in [3.05, 3.63) is 11.8 Å². The minimum absolute atomic E-state index is 0.0429. The highest BCUT2D eigenvalue weighted by atomic mass is 19.3. The molecule has 1 aromatic heterocycles. The van der Waals surface area contributed by atoms with Gasteiger partial charge in [-0.1, -0.05) is 12.8 Å². The SMILES string of the molecule is O=C(Nc1cc(C2CCCO2)[nH]n1)C1(C(F)F)CCCC1. The topological polar surface area (TPSA) is 67.0 Å². The van der Waals surface area contributed by atoms with Gasteiger partial charge in [-0.3, -0.25) is 9.89 Å². The van der Waals surface area contributed by atoms with Crippen LogP contribution in [-0.4, -0.2) is 29.1 Å². The van der Waals surface area contributed by atoms with Gasteiger partial charge in [-0.15, -0.1) is 0 Å². The predicted octanol–water partition coefficient (Wildman–Crippen LogP) is 3.03. The Balaban J connectivity index is 1.69. The normalized spacial score (nSPS) is 24.6. The van der Waals surface area contributed by atoms with Crippen LogP contribution in [0, 0.1) is 5.41 Å². The molecule has 0 radical (unpaired) electrons. The Hall–Kier alpha value is -1.50. The van der Waals surface area contributed by atoms with Crippen LogP contribution in [0.15, 0.2) is 6.07 Å². The summed E-state index contributed by atoms with van der Waals surface area (Å²) < 4.78 is 32.1. The number of amides is 1. The molecular formula is C14H19F2N3O2. The summed E-state index contributed by atoms with van der Waals surface area (Å²) in [5.74, 6) is -0.335. The molecule has 1 saturated carbocycles. The van der Waals surface area contributed by atoms with E-state index in [2.05, 4.69) is 15.5 Å². The van der Waals surface area contributed by atoms with Gasteiger partial charge in [-0.05, 0) is 25.7 Å². The highest BCUT2D eigenvalue weighted by Crippen LogP contribution is 2.44. The number of H-pyrrole nitrogens is 1. The van der Waals surface area contributed by atoms with Gasteiger partial charge < -0.3 is 10.1 Å². The first-order valence-electron chi connectivity index (χ1n) is 7.38. The maximum atomic E-state index is 13.3. The van der Waals surface area contributed by atoms with Gasteiger partial charge in [-0.25, -0.2) is 8.78 Å². The molecule has 2 aliphatic rings. The van der Waals surface area contributed by atoms with Crippen molar-refractivity contribution in [3.8, 4) is 0 Å². The summed E-state index contributed by atoms with van der Waals surface area (Å²) in [5.41, 5.74) is -0.775. The van der Waals surface area contributed by atoms with Crippen molar-refractivity contribution in [1.29, 1.82) is 0 Å². The number of carbonyl (C=O) groups is 1. The van der Waals surface area contributed by atoms with Crippen LogP contribution in [-0.2, 0) is 9.53 Å². The molecule has 0 aromatic carbocycles. The van der Waals surface area contributed by atoms with E-state index in [1.54, 1.807) is 6.07 Å². The van der Waals surface area contributed by atoms with Crippen LogP contribution in [0.5, 0.6) is 0 Å². The number of carbonyl (C=O) groups excluding carboxylic acids is 1. The van der Waals surface area contributed by atoms with E-state index in [0.29, 0.717) is 19.4 Å². The van der Waals surface area contributed by atoms with Crippen molar-refractivity contribution in [3.63, 3.8) is 0 Å². The zero-order valence-electron chi connectivity index (χ0n) is 11.7. The van der Waals surface area contributed by atoms with Crippen molar-refractivity contribution in [2.75, 3.05) is 11.9 Å². The number of anilines is 1. The average molecular weight is 299 g/mol. The number of halogens is 2. The van der Waals surface area contributed by atoms with Gasteiger partial charge in [0, 0.05) is 12.7 Å². The molecule has 2 heterocycles. The molecule has 1 saturated heterocycles. The van der Waals surface area contributed by atoms with Gasteiger partial charge in [0.25, 0.3) is 6.43 Å². The van der Waals surface area contributed by atoms with Gasteiger partial charge in [0.15, 0.2) is 5.82 Å². The number of hydrogen-bond acceptors (Lipinski definition) is 3. The van der Waals surface area contributed by atoms with Crippen LogP contribution in [0.2, 0.25) is 0 Å². The molecule has 21 heavy (non-hydrogen) atoms. The zero-order chi connectivity index (χ0) is 14.9. The van der Waals surface area contributed by atoms with E-state index in [4.69, 9.17) is 4.74 Å².